The van der Waals surface area contributed by atoms with Gasteiger partial charge in [-0.05, 0) is 32.5 Å². The number of nitrogens with one attached hydrogen (secondary N) is 1. The van der Waals surface area contributed by atoms with E-state index in [9.17, 15) is 0 Å². The molecule has 1 aromatic carbocycles. The molecule has 1 nitrogen and oxygen atoms in total. The lowest BCUT2D eigenvalue weighted by molar-refractivity contribution is 0.696. The monoisotopic (exact) mass is 209 g/mol. The zero-order chi connectivity index (χ0) is 10.6. The Morgan fingerprint density at radius 2 is 2.07 bits per heavy atom. The van der Waals surface area contributed by atoms with Crippen LogP contribution in [0.1, 0.15) is 19.4 Å². The fourth-order valence-corrected chi connectivity index (χ4v) is 1.38. The van der Waals surface area contributed by atoms with E-state index >= 15 is 0 Å². The minimum Gasteiger partial charge on any atom is -0.314 e. The first kappa shape index (κ1) is 11.3. The molecule has 0 amide bonds. The molecule has 2 heteroatoms. The number of rotatable bonds is 3. The van der Waals surface area contributed by atoms with E-state index in [4.69, 9.17) is 11.6 Å². The van der Waals surface area contributed by atoms with E-state index in [-0.39, 0.29) is 0 Å². The maximum atomic E-state index is 6.05. The van der Waals surface area contributed by atoms with Gasteiger partial charge in [0.1, 0.15) is 0 Å². The van der Waals surface area contributed by atoms with Crippen molar-refractivity contribution in [1.29, 1.82) is 0 Å². The van der Waals surface area contributed by atoms with Crippen molar-refractivity contribution in [2.75, 3.05) is 7.05 Å². The highest BCUT2D eigenvalue weighted by molar-refractivity contribution is 6.32. The molecule has 1 atom stereocenters. The van der Waals surface area contributed by atoms with E-state index in [1.807, 2.05) is 31.3 Å². The summed E-state index contributed by atoms with van der Waals surface area (Å²) in [5, 5.41) is 3.99. The number of benzene rings is 1. The Hall–Kier alpha value is -0.790. The van der Waals surface area contributed by atoms with Gasteiger partial charge >= 0.3 is 0 Å². The summed E-state index contributed by atoms with van der Waals surface area (Å²) in [5.41, 5.74) is 2.36. The Bertz CT molecular complexity index is 331. The Morgan fingerprint density at radius 3 is 2.64 bits per heavy atom. The van der Waals surface area contributed by atoms with Gasteiger partial charge in [-0.3, -0.25) is 0 Å². The van der Waals surface area contributed by atoms with Crippen LogP contribution in [0.5, 0.6) is 0 Å². The zero-order valence-corrected chi connectivity index (χ0v) is 9.60. The summed E-state index contributed by atoms with van der Waals surface area (Å²) in [7, 11) is 1.95. The molecule has 0 radical (unpaired) electrons. The second kappa shape index (κ2) is 5.18. The molecule has 0 aliphatic carbocycles. The van der Waals surface area contributed by atoms with Gasteiger partial charge in [0.15, 0.2) is 0 Å². The van der Waals surface area contributed by atoms with E-state index in [0.717, 1.165) is 10.6 Å². The van der Waals surface area contributed by atoms with E-state index in [1.165, 1.54) is 5.57 Å². The van der Waals surface area contributed by atoms with Gasteiger partial charge in [0.25, 0.3) is 0 Å². The van der Waals surface area contributed by atoms with E-state index in [1.54, 1.807) is 0 Å². The zero-order valence-electron chi connectivity index (χ0n) is 8.84. The average molecular weight is 210 g/mol. The highest BCUT2D eigenvalue weighted by Crippen LogP contribution is 2.18. The van der Waals surface area contributed by atoms with Gasteiger partial charge in [0.05, 0.1) is 0 Å². The van der Waals surface area contributed by atoms with Gasteiger partial charge < -0.3 is 5.32 Å². The maximum Gasteiger partial charge on any atom is 0.0478 e. The van der Waals surface area contributed by atoms with E-state index in [2.05, 4.69) is 25.2 Å². The lowest BCUT2D eigenvalue weighted by atomic mass is 10.1. The molecule has 0 aliphatic rings. The third-order valence-electron chi connectivity index (χ3n) is 2.40. The topological polar surface area (TPSA) is 12.0 Å². The Morgan fingerprint density at radius 1 is 1.43 bits per heavy atom. The third-order valence-corrected chi connectivity index (χ3v) is 2.75. The number of likely N-dealkylation sites (N-methyl/N-ethyl adjacent to an activating group) is 1. The van der Waals surface area contributed by atoms with Crippen molar-refractivity contribution >= 4 is 17.7 Å². The number of halogens is 1. The Kier molecular flexibility index (Phi) is 4.18. The predicted octanol–water partition coefficient (Wildman–Crippen LogP) is 3.35. The molecule has 1 unspecified atom stereocenters. The SMILES string of the molecule is CNC(C)/C(C)=C/c1ccccc1Cl. The average Bonchev–Trinajstić information content (AvgIpc) is 2.20. The second-order valence-corrected chi connectivity index (χ2v) is 3.83. The van der Waals surface area contributed by atoms with Crippen LogP contribution < -0.4 is 5.32 Å². The van der Waals surface area contributed by atoms with Gasteiger partial charge in [-0.15, -0.1) is 0 Å². The summed E-state index contributed by atoms with van der Waals surface area (Å²) in [6, 6.07) is 8.25. The lowest BCUT2D eigenvalue weighted by Crippen LogP contribution is -2.21. The van der Waals surface area contributed by atoms with Crippen LogP contribution in [0.3, 0.4) is 0 Å². The molecule has 1 rings (SSSR count). The number of hydrogen-bond donors (Lipinski definition) is 1. The standard InChI is InChI=1S/C12H16ClN/c1-9(10(2)14-3)8-11-6-4-5-7-12(11)13/h4-8,10,14H,1-3H3/b9-8+. The van der Waals surface area contributed by atoms with E-state index in [0.29, 0.717) is 6.04 Å². The molecular weight excluding hydrogens is 194 g/mol. The first-order valence-corrected chi connectivity index (χ1v) is 5.13. The van der Waals surface area contributed by atoms with Crippen LogP contribution in [-0.2, 0) is 0 Å². The van der Waals surface area contributed by atoms with Crippen molar-refractivity contribution < 1.29 is 0 Å². The van der Waals surface area contributed by atoms with Crippen LogP contribution >= 0.6 is 11.6 Å². The van der Waals surface area contributed by atoms with Crippen LogP contribution in [0, 0.1) is 0 Å². The van der Waals surface area contributed by atoms with Crippen LogP contribution in [-0.4, -0.2) is 13.1 Å². The molecule has 0 saturated heterocycles. The summed E-state index contributed by atoms with van der Waals surface area (Å²) in [6.45, 7) is 4.23. The number of hydrogen-bond acceptors (Lipinski definition) is 1. The summed E-state index contributed by atoms with van der Waals surface area (Å²) in [5.74, 6) is 0. The van der Waals surface area contributed by atoms with Crippen molar-refractivity contribution in [2.45, 2.75) is 19.9 Å². The minimum atomic E-state index is 0.381. The summed E-state index contributed by atoms with van der Waals surface area (Å²) >= 11 is 6.05. The first-order chi connectivity index (χ1) is 6.65. The normalized spacial score (nSPS) is 14.1. The molecule has 1 N–H and O–H groups in total. The summed E-state index contributed by atoms with van der Waals surface area (Å²) < 4.78 is 0. The lowest BCUT2D eigenvalue weighted by Gasteiger charge is -2.10. The largest absolute Gasteiger partial charge is 0.314 e. The van der Waals surface area contributed by atoms with Gasteiger partial charge in [-0.2, -0.15) is 0 Å². The van der Waals surface area contributed by atoms with Crippen molar-refractivity contribution in [3.05, 3.63) is 40.4 Å². The summed E-state index contributed by atoms with van der Waals surface area (Å²) in [6.07, 6.45) is 2.11. The van der Waals surface area contributed by atoms with Crippen LogP contribution in [0.25, 0.3) is 6.08 Å². The predicted molar refractivity (Wildman–Crippen MR) is 63.6 cm³/mol. The first-order valence-electron chi connectivity index (χ1n) is 4.75. The van der Waals surface area contributed by atoms with Gasteiger partial charge in [0.2, 0.25) is 0 Å². The van der Waals surface area contributed by atoms with Gasteiger partial charge in [-0.25, -0.2) is 0 Å². The highest BCUT2D eigenvalue weighted by atomic mass is 35.5. The Labute approximate surface area is 90.8 Å². The van der Waals surface area contributed by atoms with E-state index < -0.39 is 0 Å². The fraction of sp³-hybridized carbons (Fsp3) is 0.333. The summed E-state index contributed by atoms with van der Waals surface area (Å²) in [4.78, 5) is 0. The molecule has 0 spiro atoms. The molecular formula is C12H16ClN. The van der Waals surface area contributed by atoms with Crippen molar-refractivity contribution in [2.24, 2.45) is 0 Å². The van der Waals surface area contributed by atoms with Gasteiger partial charge in [0, 0.05) is 11.1 Å². The molecule has 0 aromatic heterocycles. The highest BCUT2D eigenvalue weighted by Gasteiger charge is 2.01. The van der Waals surface area contributed by atoms with Crippen molar-refractivity contribution in [1.82, 2.24) is 5.32 Å². The molecule has 0 saturated carbocycles. The molecule has 0 heterocycles. The van der Waals surface area contributed by atoms with Crippen molar-refractivity contribution in [3.63, 3.8) is 0 Å². The van der Waals surface area contributed by atoms with Crippen molar-refractivity contribution in [3.8, 4) is 0 Å². The maximum absolute atomic E-state index is 6.05. The second-order valence-electron chi connectivity index (χ2n) is 3.42. The third kappa shape index (κ3) is 2.86. The Balaban J connectivity index is 2.91. The quantitative estimate of drug-likeness (QED) is 0.805. The van der Waals surface area contributed by atoms with Crippen LogP contribution in [0.2, 0.25) is 5.02 Å². The molecule has 76 valence electrons. The molecule has 1 aromatic rings. The molecule has 0 fully saturated rings. The smallest absolute Gasteiger partial charge is 0.0478 e. The minimum absolute atomic E-state index is 0.381. The van der Waals surface area contributed by atoms with Gasteiger partial charge in [-0.1, -0.05) is 41.4 Å². The van der Waals surface area contributed by atoms with Crippen LogP contribution in [0.15, 0.2) is 29.8 Å². The molecule has 0 bridgehead atoms. The van der Waals surface area contributed by atoms with Crippen LogP contribution in [0.4, 0.5) is 0 Å². The fourth-order valence-electron chi connectivity index (χ4n) is 1.19. The molecule has 0 aliphatic heterocycles. The molecule has 14 heavy (non-hydrogen) atoms.